The Morgan fingerprint density at radius 2 is 2.04 bits per heavy atom. The molecule has 0 aliphatic carbocycles. The van der Waals surface area contributed by atoms with E-state index in [1.165, 1.54) is 0 Å². The first kappa shape index (κ1) is 18.4. The van der Waals surface area contributed by atoms with Crippen LogP contribution in [0.15, 0.2) is 10.6 Å². The monoisotopic (exact) mass is 363 g/mol. The standard InChI is InChI=1S/C18H25N3O5/c1-11(2)8-12-9-14(19-26-12)16(23)21-6-4-18(5-7-21)13(17(24)25)10-15(22)20(18)3/h9,11,13H,4-8,10H2,1-3H3,(H,24,25)/t13-/m1/s1. The van der Waals surface area contributed by atoms with Crippen LogP contribution >= 0.6 is 0 Å². The van der Waals surface area contributed by atoms with Gasteiger partial charge in [0.25, 0.3) is 5.91 Å². The molecule has 26 heavy (non-hydrogen) atoms. The average Bonchev–Trinajstić information content (AvgIpc) is 3.13. The zero-order chi connectivity index (χ0) is 19.1. The molecule has 142 valence electrons. The van der Waals surface area contributed by atoms with Gasteiger partial charge in [-0.1, -0.05) is 19.0 Å². The third-order valence-electron chi connectivity index (χ3n) is 5.67. The smallest absolute Gasteiger partial charge is 0.309 e. The number of carbonyl (C=O) groups is 3. The quantitative estimate of drug-likeness (QED) is 0.867. The molecule has 0 aromatic carbocycles. The molecule has 3 heterocycles. The lowest BCUT2D eigenvalue weighted by Gasteiger charge is -2.45. The Kier molecular flexibility index (Phi) is 4.77. The molecule has 0 radical (unpaired) electrons. The summed E-state index contributed by atoms with van der Waals surface area (Å²) in [5, 5.41) is 13.4. The second-order valence-corrected chi connectivity index (χ2v) is 7.72. The van der Waals surface area contributed by atoms with Gasteiger partial charge in [-0.05, 0) is 18.8 Å². The van der Waals surface area contributed by atoms with Crippen molar-refractivity contribution >= 4 is 17.8 Å². The van der Waals surface area contributed by atoms with Crippen LogP contribution in [0.1, 0.15) is 49.4 Å². The third kappa shape index (κ3) is 3.08. The summed E-state index contributed by atoms with van der Waals surface area (Å²) in [4.78, 5) is 39.6. The maximum absolute atomic E-state index is 12.7. The summed E-state index contributed by atoms with van der Waals surface area (Å²) in [5.41, 5.74) is -0.422. The molecule has 1 N–H and O–H groups in total. The number of amides is 2. The largest absolute Gasteiger partial charge is 0.481 e. The average molecular weight is 363 g/mol. The predicted molar refractivity (Wildman–Crippen MR) is 91.4 cm³/mol. The molecule has 0 saturated carbocycles. The first-order valence-electron chi connectivity index (χ1n) is 8.99. The Balaban J connectivity index is 1.69. The van der Waals surface area contributed by atoms with E-state index in [1.54, 1.807) is 22.9 Å². The van der Waals surface area contributed by atoms with Gasteiger partial charge in [0.1, 0.15) is 5.76 Å². The molecule has 8 nitrogen and oxygen atoms in total. The fourth-order valence-corrected chi connectivity index (χ4v) is 4.16. The van der Waals surface area contributed by atoms with Gasteiger partial charge >= 0.3 is 5.97 Å². The Bertz CT molecular complexity index is 718. The molecular weight excluding hydrogens is 338 g/mol. The Morgan fingerprint density at radius 3 is 2.62 bits per heavy atom. The van der Waals surface area contributed by atoms with Crippen molar-refractivity contribution in [1.82, 2.24) is 15.0 Å². The second-order valence-electron chi connectivity index (χ2n) is 7.72. The SMILES string of the molecule is CC(C)Cc1cc(C(=O)N2CCC3(CC2)[C@@H](C(=O)O)CC(=O)N3C)no1. The number of aliphatic carboxylic acids is 1. The maximum atomic E-state index is 12.7. The molecule has 3 rings (SSSR count). The van der Waals surface area contributed by atoms with E-state index in [0.29, 0.717) is 37.6 Å². The predicted octanol–water partition coefficient (Wildman–Crippen LogP) is 1.41. The summed E-state index contributed by atoms with van der Waals surface area (Å²) >= 11 is 0. The van der Waals surface area contributed by atoms with Gasteiger partial charge < -0.3 is 19.4 Å². The molecule has 2 saturated heterocycles. The van der Waals surface area contributed by atoms with E-state index in [4.69, 9.17) is 4.52 Å². The van der Waals surface area contributed by atoms with Crippen LogP contribution in [0.25, 0.3) is 0 Å². The minimum atomic E-state index is -0.947. The van der Waals surface area contributed by atoms with Crippen molar-refractivity contribution in [1.29, 1.82) is 0 Å². The molecular formula is C18H25N3O5. The minimum absolute atomic E-state index is 0.0294. The molecule has 2 amide bonds. The van der Waals surface area contributed by atoms with Crippen LogP contribution in [0.3, 0.4) is 0 Å². The van der Waals surface area contributed by atoms with Gasteiger partial charge in [-0.25, -0.2) is 0 Å². The fraction of sp³-hybridized carbons (Fsp3) is 0.667. The number of aromatic nitrogens is 1. The summed E-state index contributed by atoms with van der Waals surface area (Å²) in [7, 11) is 1.67. The van der Waals surface area contributed by atoms with Crippen LogP contribution in [0.4, 0.5) is 0 Å². The first-order chi connectivity index (χ1) is 12.2. The van der Waals surface area contributed by atoms with E-state index >= 15 is 0 Å². The first-order valence-corrected chi connectivity index (χ1v) is 8.99. The number of carbonyl (C=O) groups excluding carboxylic acids is 2. The molecule has 1 atom stereocenters. The minimum Gasteiger partial charge on any atom is -0.481 e. The number of piperidine rings is 1. The highest BCUT2D eigenvalue weighted by molar-refractivity contribution is 5.92. The Hall–Kier alpha value is -2.38. The van der Waals surface area contributed by atoms with E-state index in [2.05, 4.69) is 19.0 Å². The topological polar surface area (TPSA) is 104 Å². The molecule has 2 aliphatic heterocycles. The van der Waals surface area contributed by atoms with Gasteiger partial charge in [-0.2, -0.15) is 0 Å². The summed E-state index contributed by atoms with van der Waals surface area (Å²) in [5.74, 6) is -0.934. The summed E-state index contributed by atoms with van der Waals surface area (Å²) < 4.78 is 5.23. The van der Waals surface area contributed by atoms with Crippen LogP contribution < -0.4 is 0 Å². The van der Waals surface area contributed by atoms with Gasteiger partial charge in [-0.3, -0.25) is 14.4 Å². The molecule has 0 unspecified atom stereocenters. The number of nitrogens with zero attached hydrogens (tertiary/aromatic N) is 3. The normalized spacial score (nSPS) is 22.5. The van der Waals surface area contributed by atoms with Crippen LogP contribution in [0.2, 0.25) is 0 Å². The molecule has 1 aromatic rings. The number of carboxylic acid groups (broad SMARTS) is 1. The van der Waals surface area contributed by atoms with Crippen molar-refractivity contribution in [3.63, 3.8) is 0 Å². The van der Waals surface area contributed by atoms with Crippen molar-refractivity contribution in [2.24, 2.45) is 11.8 Å². The zero-order valence-electron chi connectivity index (χ0n) is 15.4. The van der Waals surface area contributed by atoms with Crippen molar-refractivity contribution in [3.05, 3.63) is 17.5 Å². The number of carboxylic acids is 1. The van der Waals surface area contributed by atoms with Crippen molar-refractivity contribution in [3.8, 4) is 0 Å². The molecule has 2 aliphatic rings. The van der Waals surface area contributed by atoms with Crippen molar-refractivity contribution in [2.45, 2.75) is 45.1 Å². The van der Waals surface area contributed by atoms with E-state index in [1.807, 2.05) is 0 Å². The summed E-state index contributed by atoms with van der Waals surface area (Å²) in [6.45, 7) is 4.91. The van der Waals surface area contributed by atoms with Crippen molar-refractivity contribution in [2.75, 3.05) is 20.1 Å². The number of hydrogen-bond donors (Lipinski definition) is 1. The van der Waals surface area contributed by atoms with Gasteiger partial charge in [0.15, 0.2) is 5.69 Å². The van der Waals surface area contributed by atoms with Crippen LogP contribution in [0.5, 0.6) is 0 Å². The summed E-state index contributed by atoms with van der Waals surface area (Å²) in [6.07, 6.45) is 1.65. The van der Waals surface area contributed by atoms with E-state index in [9.17, 15) is 19.5 Å². The molecule has 8 heteroatoms. The van der Waals surface area contributed by atoms with Crippen LogP contribution in [-0.4, -0.2) is 63.5 Å². The Labute approximate surface area is 152 Å². The summed E-state index contributed by atoms with van der Waals surface area (Å²) in [6, 6.07) is 1.68. The highest BCUT2D eigenvalue weighted by Crippen LogP contribution is 2.42. The maximum Gasteiger partial charge on any atom is 0.309 e. The molecule has 1 aromatic heterocycles. The lowest BCUT2D eigenvalue weighted by Crippen LogP contribution is -2.57. The van der Waals surface area contributed by atoms with Gasteiger partial charge in [0.05, 0.1) is 11.5 Å². The lowest BCUT2D eigenvalue weighted by atomic mass is 9.77. The van der Waals surface area contributed by atoms with Crippen molar-refractivity contribution < 1.29 is 24.0 Å². The second kappa shape index (κ2) is 6.74. The van der Waals surface area contributed by atoms with Crippen LogP contribution in [0, 0.1) is 11.8 Å². The number of hydrogen-bond acceptors (Lipinski definition) is 5. The lowest BCUT2D eigenvalue weighted by molar-refractivity contribution is -0.145. The number of rotatable bonds is 4. The molecule has 0 bridgehead atoms. The van der Waals surface area contributed by atoms with Crippen LogP contribution in [-0.2, 0) is 16.0 Å². The molecule has 2 fully saturated rings. The van der Waals surface area contributed by atoms with Gasteiger partial charge in [0.2, 0.25) is 5.91 Å². The Morgan fingerprint density at radius 1 is 1.38 bits per heavy atom. The highest BCUT2D eigenvalue weighted by Gasteiger charge is 2.55. The zero-order valence-corrected chi connectivity index (χ0v) is 15.4. The van der Waals surface area contributed by atoms with E-state index in [-0.39, 0.29) is 23.9 Å². The number of likely N-dealkylation sites (tertiary alicyclic amines) is 2. The van der Waals surface area contributed by atoms with Gasteiger partial charge in [0, 0.05) is 39.0 Å². The third-order valence-corrected chi connectivity index (χ3v) is 5.67. The van der Waals surface area contributed by atoms with E-state index in [0.717, 1.165) is 6.42 Å². The highest BCUT2D eigenvalue weighted by atomic mass is 16.5. The fourth-order valence-electron chi connectivity index (χ4n) is 4.16. The molecule has 1 spiro atoms. The van der Waals surface area contributed by atoms with E-state index < -0.39 is 17.4 Å². The van der Waals surface area contributed by atoms with Gasteiger partial charge in [-0.15, -0.1) is 0 Å².